The summed E-state index contributed by atoms with van der Waals surface area (Å²) in [6, 6.07) is 3.11. The highest BCUT2D eigenvalue weighted by Gasteiger charge is 2.12. The molecule has 0 saturated carbocycles. The van der Waals surface area contributed by atoms with Crippen LogP contribution in [-0.4, -0.2) is 27.8 Å². The Balaban J connectivity index is 0.000000165. The number of primary amides is 1. The molecule has 1 aliphatic heterocycles. The van der Waals surface area contributed by atoms with E-state index < -0.39 is 17.6 Å². The summed E-state index contributed by atoms with van der Waals surface area (Å²) in [5.41, 5.74) is 5.06. The monoisotopic (exact) mass is 220 g/mol. The first-order chi connectivity index (χ1) is 7.61. The van der Waals surface area contributed by atoms with Crippen molar-refractivity contribution in [3.05, 3.63) is 36.3 Å². The largest absolute Gasteiger partial charge is 0.364 e. The molecule has 1 aliphatic rings. The van der Waals surface area contributed by atoms with Gasteiger partial charge in [-0.05, 0) is 12.1 Å². The van der Waals surface area contributed by atoms with Crippen LogP contribution in [0.1, 0.15) is 10.5 Å². The Morgan fingerprint density at radius 1 is 1.38 bits per heavy atom. The number of nitrogens with one attached hydrogen (secondary N) is 1. The molecule has 82 valence electrons. The molecule has 0 spiro atoms. The minimum atomic E-state index is -0.553. The molecule has 7 heteroatoms. The molecule has 0 bridgehead atoms. The van der Waals surface area contributed by atoms with Crippen molar-refractivity contribution in [2.45, 2.75) is 0 Å². The summed E-state index contributed by atoms with van der Waals surface area (Å²) in [5.74, 6) is -1.57. The van der Waals surface area contributed by atoms with Gasteiger partial charge in [-0.15, -0.1) is 5.10 Å². The van der Waals surface area contributed by atoms with Crippen LogP contribution in [0.2, 0.25) is 0 Å². The van der Waals surface area contributed by atoms with Crippen LogP contribution in [0.4, 0.5) is 0 Å². The number of hydrogen-bond acceptors (Lipinski definition) is 5. The van der Waals surface area contributed by atoms with Gasteiger partial charge in [0.1, 0.15) is 0 Å². The third-order valence-electron chi connectivity index (χ3n) is 1.50. The van der Waals surface area contributed by atoms with Crippen molar-refractivity contribution in [3.63, 3.8) is 0 Å². The first-order valence-electron chi connectivity index (χ1n) is 4.20. The second-order valence-electron chi connectivity index (χ2n) is 2.64. The molecule has 7 nitrogen and oxygen atoms in total. The number of amides is 2. The lowest BCUT2D eigenvalue weighted by atomic mass is 10.4. The van der Waals surface area contributed by atoms with Gasteiger partial charge in [0.2, 0.25) is 5.78 Å². The average Bonchev–Trinajstić information content (AvgIpc) is 2.65. The molecule has 0 aromatic carbocycles. The molecule has 1 aromatic rings. The van der Waals surface area contributed by atoms with E-state index in [0.717, 1.165) is 0 Å². The van der Waals surface area contributed by atoms with Crippen molar-refractivity contribution in [1.29, 1.82) is 0 Å². The summed E-state index contributed by atoms with van der Waals surface area (Å²) >= 11 is 0. The van der Waals surface area contributed by atoms with Gasteiger partial charge >= 0.3 is 0 Å². The van der Waals surface area contributed by atoms with E-state index in [1.807, 2.05) is 0 Å². The van der Waals surface area contributed by atoms with Crippen LogP contribution in [0.15, 0.2) is 30.6 Å². The molecule has 2 amide bonds. The summed E-state index contributed by atoms with van der Waals surface area (Å²) in [6.45, 7) is 0. The van der Waals surface area contributed by atoms with Crippen LogP contribution in [0.5, 0.6) is 0 Å². The maximum atomic E-state index is 10.3. The van der Waals surface area contributed by atoms with Crippen LogP contribution in [0.25, 0.3) is 0 Å². The van der Waals surface area contributed by atoms with Gasteiger partial charge < -0.3 is 11.1 Å². The fraction of sp³-hybridized carbons (Fsp3) is 0. The Labute approximate surface area is 90.3 Å². The minimum Gasteiger partial charge on any atom is -0.364 e. The molecular formula is C9H8N4O3. The van der Waals surface area contributed by atoms with Crippen molar-refractivity contribution in [2.24, 2.45) is 5.73 Å². The maximum absolute atomic E-state index is 10.3. The van der Waals surface area contributed by atoms with Gasteiger partial charge in [-0.1, -0.05) is 0 Å². The van der Waals surface area contributed by atoms with E-state index in [1.165, 1.54) is 24.5 Å². The van der Waals surface area contributed by atoms with Crippen molar-refractivity contribution in [3.8, 4) is 0 Å². The summed E-state index contributed by atoms with van der Waals surface area (Å²) in [7, 11) is 0. The van der Waals surface area contributed by atoms with Gasteiger partial charge in [-0.3, -0.25) is 14.4 Å². The minimum absolute atomic E-state index is 0.192. The highest BCUT2D eigenvalue weighted by molar-refractivity contribution is 6.42. The fourth-order valence-corrected chi connectivity index (χ4v) is 0.773. The van der Waals surface area contributed by atoms with Gasteiger partial charge in [-0.25, -0.2) is 0 Å². The molecule has 1 aromatic heterocycles. The van der Waals surface area contributed by atoms with E-state index in [-0.39, 0.29) is 5.69 Å². The first-order valence-corrected chi connectivity index (χ1v) is 4.20. The smallest absolute Gasteiger partial charge is 0.295 e. The molecule has 2 heterocycles. The van der Waals surface area contributed by atoms with Gasteiger partial charge in [0.05, 0.1) is 0 Å². The van der Waals surface area contributed by atoms with E-state index >= 15 is 0 Å². The predicted octanol–water partition coefficient (Wildman–Crippen LogP) is -1.23. The number of nitrogens with zero attached hydrogens (tertiary/aromatic N) is 2. The van der Waals surface area contributed by atoms with E-state index in [2.05, 4.69) is 15.5 Å². The second-order valence-corrected chi connectivity index (χ2v) is 2.64. The lowest BCUT2D eigenvalue weighted by Gasteiger charge is -1.87. The maximum Gasteiger partial charge on any atom is 0.295 e. The van der Waals surface area contributed by atoms with Crippen LogP contribution in [0.3, 0.4) is 0 Å². The molecule has 3 N–H and O–H groups in total. The lowest BCUT2D eigenvalue weighted by Crippen LogP contribution is -2.17. The van der Waals surface area contributed by atoms with E-state index in [4.69, 9.17) is 5.73 Å². The summed E-state index contributed by atoms with van der Waals surface area (Å²) in [5, 5.41) is 9.11. The zero-order chi connectivity index (χ0) is 12.0. The third kappa shape index (κ3) is 3.29. The van der Waals surface area contributed by atoms with Crippen molar-refractivity contribution < 1.29 is 14.4 Å². The van der Waals surface area contributed by atoms with E-state index in [9.17, 15) is 14.4 Å². The van der Waals surface area contributed by atoms with Gasteiger partial charge in [0, 0.05) is 18.5 Å². The normalized spacial score (nSPS) is 12.8. The molecule has 16 heavy (non-hydrogen) atoms. The quantitative estimate of drug-likeness (QED) is 0.575. The molecule has 0 fully saturated rings. The second kappa shape index (κ2) is 5.35. The molecule has 0 atom stereocenters. The average molecular weight is 220 g/mol. The van der Waals surface area contributed by atoms with E-state index in [0.29, 0.717) is 0 Å². The van der Waals surface area contributed by atoms with Crippen LogP contribution in [-0.2, 0) is 9.59 Å². The number of rotatable bonds is 1. The predicted molar refractivity (Wildman–Crippen MR) is 52.8 cm³/mol. The highest BCUT2D eigenvalue weighted by atomic mass is 16.2. The number of carbonyl (C=O) groups excluding carboxylic acids is 3. The number of nitrogens with two attached hydrogens (primary N) is 1. The number of aromatic nitrogens is 2. The Hall–Kier alpha value is -2.57. The van der Waals surface area contributed by atoms with Crippen LogP contribution >= 0.6 is 0 Å². The zero-order valence-corrected chi connectivity index (χ0v) is 8.08. The van der Waals surface area contributed by atoms with Crippen molar-refractivity contribution in [1.82, 2.24) is 15.5 Å². The topological polar surface area (TPSA) is 115 Å². The highest BCUT2D eigenvalue weighted by Crippen LogP contribution is 1.86. The molecule has 2 rings (SSSR count). The van der Waals surface area contributed by atoms with Gasteiger partial charge in [0.15, 0.2) is 5.69 Å². The molecule has 0 saturated heterocycles. The number of hydrogen-bond donors (Lipinski definition) is 2. The number of carbonyl (C=O) groups is 3. The molecule has 0 radical (unpaired) electrons. The van der Waals surface area contributed by atoms with E-state index in [1.54, 1.807) is 6.07 Å². The Morgan fingerprint density at radius 2 is 2.12 bits per heavy atom. The standard InChI is InChI=1S/C5H5N3O.C4H3NO2/c6-5(9)4-2-1-3-7-8-4;6-3-1-2-5-4(3)7/h1-3H,(H2,6,9);1-2H,(H,5,6,7). The SMILES string of the molecule is NC(=O)c1cccnn1.O=C1C=CNC1=O. The van der Waals surface area contributed by atoms with Crippen LogP contribution in [0, 0.1) is 0 Å². The Bertz CT molecular complexity index is 441. The van der Waals surface area contributed by atoms with Gasteiger partial charge in [-0.2, -0.15) is 5.10 Å². The van der Waals surface area contributed by atoms with Gasteiger partial charge in [0.25, 0.3) is 11.8 Å². The zero-order valence-electron chi connectivity index (χ0n) is 8.08. The molecule has 0 unspecified atom stereocenters. The first kappa shape index (κ1) is 11.5. The summed E-state index contributed by atoms with van der Waals surface area (Å²) in [4.78, 5) is 30.4. The number of ketones is 1. The Kier molecular flexibility index (Phi) is 3.84. The third-order valence-corrected chi connectivity index (χ3v) is 1.50. The van der Waals surface area contributed by atoms with Crippen molar-refractivity contribution in [2.75, 3.05) is 0 Å². The summed E-state index contributed by atoms with van der Waals surface area (Å²) in [6.07, 6.45) is 4.00. The summed E-state index contributed by atoms with van der Waals surface area (Å²) < 4.78 is 0. The van der Waals surface area contributed by atoms with Crippen molar-refractivity contribution >= 4 is 17.6 Å². The molecular weight excluding hydrogens is 212 g/mol. The fourth-order valence-electron chi connectivity index (χ4n) is 0.773. The Morgan fingerprint density at radius 3 is 2.38 bits per heavy atom. The molecule has 0 aliphatic carbocycles. The lowest BCUT2D eigenvalue weighted by molar-refractivity contribution is -0.133. The van der Waals surface area contributed by atoms with Crippen LogP contribution < -0.4 is 11.1 Å².